The number of carboxylic acid groups (broad SMARTS) is 1. The van der Waals surface area contributed by atoms with Gasteiger partial charge in [0.25, 0.3) is 0 Å². The number of carbonyl (C=O) groups is 2. The topological polar surface area (TPSA) is 118 Å². The molecule has 0 atom stereocenters. The van der Waals surface area contributed by atoms with Crippen LogP contribution in [0.3, 0.4) is 0 Å². The second-order valence-electron chi connectivity index (χ2n) is 4.74. The number of aromatic carboxylic acids is 1. The number of nitrogens with zero attached hydrogens (tertiary/aromatic N) is 1. The summed E-state index contributed by atoms with van der Waals surface area (Å²) in [7, 11) is 0. The van der Waals surface area contributed by atoms with Gasteiger partial charge in [-0.15, -0.1) is 0 Å². The second kappa shape index (κ2) is 10.8. The van der Waals surface area contributed by atoms with E-state index in [0.29, 0.717) is 17.9 Å². The zero-order valence-corrected chi connectivity index (χ0v) is 12.9. The van der Waals surface area contributed by atoms with E-state index in [0.717, 1.165) is 12.8 Å². The monoisotopic (exact) mass is 299 g/mol. The van der Waals surface area contributed by atoms with Crippen molar-refractivity contribution in [2.24, 2.45) is 5.84 Å². The quantitative estimate of drug-likeness (QED) is 0.308. The van der Waals surface area contributed by atoms with Gasteiger partial charge in [-0.3, -0.25) is 10.2 Å². The predicted octanol–water partition coefficient (Wildman–Crippen LogP) is 2.33. The van der Waals surface area contributed by atoms with Crippen molar-refractivity contribution >= 4 is 11.9 Å². The van der Waals surface area contributed by atoms with E-state index in [1.807, 2.05) is 0 Å². The Balaban J connectivity index is 0.000000382. The summed E-state index contributed by atoms with van der Waals surface area (Å²) >= 11 is 0. The second-order valence-corrected chi connectivity index (χ2v) is 4.74. The first-order valence-electron chi connectivity index (χ1n) is 7.09. The van der Waals surface area contributed by atoms with E-state index in [4.69, 9.17) is 10.9 Å². The van der Waals surface area contributed by atoms with Crippen LogP contribution in [0.25, 0.3) is 0 Å². The molecule has 7 nitrogen and oxygen atoms in total. The Morgan fingerprint density at radius 2 is 1.86 bits per heavy atom. The highest BCUT2D eigenvalue weighted by molar-refractivity contribution is 5.89. The minimum absolute atomic E-state index is 0.0542. The molecule has 0 fully saturated rings. The lowest BCUT2D eigenvalue weighted by Gasteiger charge is -1.98. The zero-order chi connectivity index (χ0) is 16.3. The highest BCUT2D eigenvalue weighted by Crippen LogP contribution is 2.10. The molecule has 0 aromatic carbocycles. The number of nitrogens with two attached hydrogens (primary N) is 1. The number of carbonyl (C=O) groups excluding carboxylic acids is 1. The van der Waals surface area contributed by atoms with E-state index in [2.05, 4.69) is 22.0 Å². The SMILES string of the molecule is CCCCCCCC(=O)NN.Cc1noc(C)c1C(=O)O. The van der Waals surface area contributed by atoms with E-state index in [1.165, 1.54) is 19.3 Å². The smallest absolute Gasteiger partial charge is 0.341 e. The average Bonchev–Trinajstić information content (AvgIpc) is 2.78. The highest BCUT2D eigenvalue weighted by Gasteiger charge is 2.15. The van der Waals surface area contributed by atoms with E-state index in [9.17, 15) is 9.59 Å². The molecule has 0 radical (unpaired) electrons. The molecule has 7 heteroatoms. The Bertz CT molecular complexity index is 424. The predicted molar refractivity (Wildman–Crippen MR) is 78.6 cm³/mol. The molecular weight excluding hydrogens is 274 g/mol. The Morgan fingerprint density at radius 3 is 2.24 bits per heavy atom. The van der Waals surface area contributed by atoms with Gasteiger partial charge < -0.3 is 9.63 Å². The Hall–Kier alpha value is -1.89. The van der Waals surface area contributed by atoms with E-state index < -0.39 is 5.97 Å². The number of aromatic nitrogens is 1. The van der Waals surface area contributed by atoms with Crippen molar-refractivity contribution in [3.63, 3.8) is 0 Å². The molecule has 1 aromatic rings. The fourth-order valence-corrected chi connectivity index (χ4v) is 1.75. The third kappa shape index (κ3) is 8.09. The van der Waals surface area contributed by atoms with Crippen LogP contribution in [0.5, 0.6) is 0 Å². The van der Waals surface area contributed by atoms with E-state index >= 15 is 0 Å². The summed E-state index contributed by atoms with van der Waals surface area (Å²) < 4.78 is 4.63. The van der Waals surface area contributed by atoms with E-state index in [1.54, 1.807) is 13.8 Å². The molecule has 0 aliphatic heterocycles. The molecule has 1 amide bonds. The summed E-state index contributed by atoms with van der Waals surface area (Å²) in [5.74, 6) is 4.22. The first-order valence-corrected chi connectivity index (χ1v) is 7.09. The average molecular weight is 299 g/mol. The molecular formula is C14H25N3O4. The molecule has 0 aliphatic carbocycles. The summed E-state index contributed by atoms with van der Waals surface area (Å²) in [6, 6.07) is 0. The summed E-state index contributed by atoms with van der Waals surface area (Å²) in [4.78, 5) is 21.0. The fraction of sp³-hybridized carbons (Fsp3) is 0.643. The minimum Gasteiger partial charge on any atom is -0.477 e. The first kappa shape index (κ1) is 19.1. The molecule has 21 heavy (non-hydrogen) atoms. The fourth-order valence-electron chi connectivity index (χ4n) is 1.75. The van der Waals surface area contributed by atoms with Gasteiger partial charge in [0, 0.05) is 6.42 Å². The van der Waals surface area contributed by atoms with Crippen LogP contribution in [0.4, 0.5) is 0 Å². The number of amides is 1. The van der Waals surface area contributed by atoms with Gasteiger partial charge in [0.2, 0.25) is 5.91 Å². The molecule has 0 unspecified atom stereocenters. The number of unbranched alkanes of at least 4 members (excludes halogenated alkanes) is 4. The number of hydrazine groups is 1. The summed E-state index contributed by atoms with van der Waals surface area (Å²) in [5.41, 5.74) is 2.70. The van der Waals surface area contributed by atoms with Gasteiger partial charge in [-0.1, -0.05) is 37.8 Å². The largest absolute Gasteiger partial charge is 0.477 e. The van der Waals surface area contributed by atoms with Gasteiger partial charge in [0.1, 0.15) is 11.3 Å². The number of hydrogen-bond donors (Lipinski definition) is 3. The van der Waals surface area contributed by atoms with Gasteiger partial charge in [-0.25, -0.2) is 10.6 Å². The van der Waals surface area contributed by atoms with Gasteiger partial charge in [0.05, 0.1) is 5.69 Å². The molecule has 0 spiro atoms. The van der Waals surface area contributed by atoms with Crippen molar-refractivity contribution in [2.45, 2.75) is 59.3 Å². The summed E-state index contributed by atoms with van der Waals surface area (Å²) in [5, 5.41) is 12.0. The zero-order valence-electron chi connectivity index (χ0n) is 12.9. The highest BCUT2D eigenvalue weighted by atomic mass is 16.5. The maximum Gasteiger partial charge on any atom is 0.341 e. The van der Waals surface area contributed by atoms with Crippen molar-refractivity contribution in [2.75, 3.05) is 0 Å². The molecule has 0 aliphatic rings. The lowest BCUT2D eigenvalue weighted by Crippen LogP contribution is -2.29. The molecule has 0 saturated heterocycles. The number of aryl methyl sites for hydroxylation is 2. The van der Waals surface area contributed by atoms with Gasteiger partial charge in [0.15, 0.2) is 0 Å². The number of hydrogen-bond acceptors (Lipinski definition) is 5. The van der Waals surface area contributed by atoms with Crippen molar-refractivity contribution < 1.29 is 19.2 Å². The molecule has 120 valence electrons. The van der Waals surface area contributed by atoms with Crippen LogP contribution in [-0.2, 0) is 4.79 Å². The minimum atomic E-state index is -0.990. The van der Waals surface area contributed by atoms with Crippen molar-refractivity contribution in [3.05, 3.63) is 17.0 Å². The van der Waals surface area contributed by atoms with Crippen LogP contribution in [0.15, 0.2) is 4.52 Å². The van der Waals surface area contributed by atoms with Crippen LogP contribution in [0.1, 0.15) is 67.3 Å². The third-order valence-electron chi connectivity index (χ3n) is 2.92. The molecule has 4 N–H and O–H groups in total. The van der Waals surface area contributed by atoms with Crippen LogP contribution in [-0.4, -0.2) is 22.1 Å². The van der Waals surface area contributed by atoms with Crippen LogP contribution in [0.2, 0.25) is 0 Å². The normalized spacial score (nSPS) is 9.71. The van der Waals surface area contributed by atoms with Crippen molar-refractivity contribution in [1.29, 1.82) is 0 Å². The molecule has 1 heterocycles. The maximum atomic E-state index is 10.6. The van der Waals surface area contributed by atoms with Gasteiger partial charge in [-0.05, 0) is 20.3 Å². The lowest BCUT2D eigenvalue weighted by molar-refractivity contribution is -0.121. The molecule has 0 bridgehead atoms. The molecule has 1 rings (SSSR count). The molecule has 1 aromatic heterocycles. The Kier molecular flexibility index (Phi) is 9.87. The number of carboxylic acids is 1. The van der Waals surface area contributed by atoms with Crippen LogP contribution in [0, 0.1) is 13.8 Å². The van der Waals surface area contributed by atoms with Gasteiger partial charge >= 0.3 is 5.97 Å². The van der Waals surface area contributed by atoms with E-state index in [-0.39, 0.29) is 11.5 Å². The number of nitrogens with one attached hydrogen (secondary N) is 1. The van der Waals surface area contributed by atoms with Gasteiger partial charge in [-0.2, -0.15) is 0 Å². The maximum absolute atomic E-state index is 10.6. The van der Waals surface area contributed by atoms with Crippen LogP contribution >= 0.6 is 0 Å². The number of rotatable bonds is 7. The first-order chi connectivity index (χ1) is 9.93. The third-order valence-corrected chi connectivity index (χ3v) is 2.92. The van der Waals surface area contributed by atoms with Crippen molar-refractivity contribution in [3.8, 4) is 0 Å². The lowest BCUT2D eigenvalue weighted by atomic mass is 10.1. The summed E-state index contributed by atoms with van der Waals surface area (Å²) in [6.07, 6.45) is 6.41. The van der Waals surface area contributed by atoms with Crippen LogP contribution < -0.4 is 11.3 Å². The standard InChI is InChI=1S/C8H18N2O.C6H7NO3/c1-2-3-4-5-6-7-8(11)10-9;1-3-5(6(8)9)4(2)10-7-3/h2-7,9H2,1H3,(H,10,11);1-2H3,(H,8,9). The Labute approximate surface area is 124 Å². The Morgan fingerprint density at radius 1 is 1.24 bits per heavy atom. The summed E-state index contributed by atoms with van der Waals surface area (Å²) in [6.45, 7) is 5.34. The molecule has 0 saturated carbocycles. The van der Waals surface area contributed by atoms with Crippen molar-refractivity contribution in [1.82, 2.24) is 10.6 Å².